The fourth-order valence-corrected chi connectivity index (χ4v) is 3.26. The van der Waals surface area contributed by atoms with Gasteiger partial charge in [0.2, 0.25) is 5.91 Å². The highest BCUT2D eigenvalue weighted by atomic mass is 32.2. The monoisotopic (exact) mass is 400 g/mol. The number of thioether (sulfide) groups is 1. The van der Waals surface area contributed by atoms with E-state index in [1.807, 2.05) is 42.7 Å². The summed E-state index contributed by atoms with van der Waals surface area (Å²) in [5.41, 5.74) is 0.954. The molecule has 0 aliphatic carbocycles. The summed E-state index contributed by atoms with van der Waals surface area (Å²) in [4.78, 5) is 12.1. The van der Waals surface area contributed by atoms with E-state index in [0.717, 1.165) is 10.7 Å². The van der Waals surface area contributed by atoms with Gasteiger partial charge < -0.3 is 14.6 Å². The molecule has 0 saturated carbocycles. The molecule has 28 heavy (non-hydrogen) atoms. The first-order valence-corrected chi connectivity index (χ1v) is 9.81. The largest absolute Gasteiger partial charge is 0.457 e. The zero-order valence-electron chi connectivity index (χ0n) is 15.6. The molecule has 3 aromatic rings. The topological polar surface area (TPSA) is 69.0 Å². The first-order chi connectivity index (χ1) is 13.5. The molecule has 1 N–H and O–H groups in total. The number of rotatable bonds is 8. The predicted octanol–water partition coefficient (Wildman–Crippen LogP) is 4.20. The van der Waals surface area contributed by atoms with E-state index in [4.69, 9.17) is 4.74 Å². The molecule has 0 unspecified atom stereocenters. The van der Waals surface area contributed by atoms with Crippen LogP contribution in [-0.2, 0) is 11.3 Å². The summed E-state index contributed by atoms with van der Waals surface area (Å²) in [6.45, 7) is 4.50. The second kappa shape index (κ2) is 9.36. The number of benzene rings is 2. The number of nitrogens with one attached hydrogen (secondary N) is 1. The molecule has 8 heteroatoms. The molecule has 0 bridgehead atoms. The summed E-state index contributed by atoms with van der Waals surface area (Å²) in [7, 11) is 0. The van der Waals surface area contributed by atoms with E-state index in [0.29, 0.717) is 18.0 Å². The second-order valence-corrected chi connectivity index (χ2v) is 7.32. The minimum absolute atomic E-state index is 0.0741. The lowest BCUT2D eigenvalue weighted by Gasteiger charge is -2.10. The number of hydrogen-bond acceptors (Lipinski definition) is 5. The van der Waals surface area contributed by atoms with Gasteiger partial charge in [-0.05, 0) is 55.8 Å². The van der Waals surface area contributed by atoms with Gasteiger partial charge in [0.1, 0.15) is 23.6 Å². The predicted molar refractivity (Wildman–Crippen MR) is 106 cm³/mol. The third kappa shape index (κ3) is 5.56. The van der Waals surface area contributed by atoms with Crippen LogP contribution in [-0.4, -0.2) is 26.4 Å². The van der Waals surface area contributed by atoms with Crippen LogP contribution in [0.5, 0.6) is 11.5 Å². The summed E-state index contributed by atoms with van der Waals surface area (Å²) in [5, 5.41) is 11.5. The minimum atomic E-state index is -0.305. The van der Waals surface area contributed by atoms with Gasteiger partial charge in [-0.2, -0.15) is 0 Å². The standard InChI is InChI=1S/C20H21FN4O2S/c1-14(2)25-13-23-24-20(25)28-12-19(26)22-11-15-3-7-17(8-4-15)27-18-9-5-16(21)6-10-18/h3-10,13-14H,11-12H2,1-2H3,(H,22,26). The Morgan fingerprint density at radius 1 is 1.14 bits per heavy atom. The van der Waals surface area contributed by atoms with Gasteiger partial charge in [-0.1, -0.05) is 23.9 Å². The number of halogens is 1. The molecule has 1 aromatic heterocycles. The molecular weight excluding hydrogens is 379 g/mol. The molecule has 0 fully saturated rings. The van der Waals surface area contributed by atoms with Gasteiger partial charge >= 0.3 is 0 Å². The summed E-state index contributed by atoms with van der Waals surface area (Å²) in [6.07, 6.45) is 1.67. The van der Waals surface area contributed by atoms with Gasteiger partial charge in [0.05, 0.1) is 5.75 Å². The van der Waals surface area contributed by atoms with Crippen molar-refractivity contribution in [3.8, 4) is 11.5 Å². The van der Waals surface area contributed by atoms with E-state index in [1.54, 1.807) is 18.5 Å². The fourth-order valence-electron chi connectivity index (χ4n) is 2.39. The van der Waals surface area contributed by atoms with E-state index in [1.165, 1.54) is 23.9 Å². The lowest BCUT2D eigenvalue weighted by molar-refractivity contribution is -0.118. The molecule has 0 spiro atoms. The van der Waals surface area contributed by atoms with Gasteiger partial charge in [0, 0.05) is 12.6 Å². The summed E-state index contributed by atoms with van der Waals surface area (Å²) in [6, 6.07) is 13.5. The van der Waals surface area contributed by atoms with Crippen LogP contribution in [0.25, 0.3) is 0 Å². The second-order valence-electron chi connectivity index (χ2n) is 6.38. The maximum absolute atomic E-state index is 12.9. The molecular formula is C20H21FN4O2S. The van der Waals surface area contributed by atoms with Gasteiger partial charge in [0.25, 0.3) is 0 Å². The smallest absolute Gasteiger partial charge is 0.230 e. The summed E-state index contributed by atoms with van der Waals surface area (Å²) >= 11 is 1.36. The maximum atomic E-state index is 12.9. The molecule has 0 radical (unpaired) electrons. The third-order valence-corrected chi connectivity index (χ3v) is 4.85. The Bertz CT molecular complexity index is 911. The SMILES string of the molecule is CC(C)n1cnnc1SCC(=O)NCc1ccc(Oc2ccc(F)cc2)cc1. The van der Waals surface area contributed by atoms with Crippen molar-refractivity contribution in [2.75, 3.05) is 5.75 Å². The van der Waals surface area contributed by atoms with Crippen LogP contribution in [0.4, 0.5) is 4.39 Å². The Balaban J connectivity index is 1.45. The fraction of sp³-hybridized carbons (Fsp3) is 0.250. The zero-order chi connectivity index (χ0) is 19.9. The van der Waals surface area contributed by atoms with Gasteiger partial charge in [-0.3, -0.25) is 4.79 Å². The van der Waals surface area contributed by atoms with Crippen molar-refractivity contribution in [1.29, 1.82) is 0 Å². The molecule has 0 aliphatic rings. The number of carbonyl (C=O) groups is 1. The molecule has 0 saturated heterocycles. The average Bonchev–Trinajstić information content (AvgIpc) is 3.17. The highest BCUT2D eigenvalue weighted by Gasteiger charge is 2.10. The highest BCUT2D eigenvalue weighted by Crippen LogP contribution is 2.22. The first-order valence-electron chi connectivity index (χ1n) is 8.82. The molecule has 0 atom stereocenters. The molecule has 3 rings (SSSR count). The molecule has 2 aromatic carbocycles. The van der Waals surface area contributed by atoms with Crippen molar-refractivity contribution in [2.45, 2.75) is 31.6 Å². The van der Waals surface area contributed by atoms with Crippen LogP contribution in [0.3, 0.4) is 0 Å². The maximum Gasteiger partial charge on any atom is 0.230 e. The molecule has 6 nitrogen and oxygen atoms in total. The van der Waals surface area contributed by atoms with Crippen LogP contribution >= 0.6 is 11.8 Å². The zero-order valence-corrected chi connectivity index (χ0v) is 16.4. The van der Waals surface area contributed by atoms with Crippen LogP contribution in [0.2, 0.25) is 0 Å². The molecule has 146 valence electrons. The number of ether oxygens (including phenoxy) is 1. The third-order valence-electron chi connectivity index (χ3n) is 3.89. The first kappa shape index (κ1) is 19.9. The molecule has 0 aliphatic heterocycles. The Hall–Kier alpha value is -2.87. The lowest BCUT2D eigenvalue weighted by atomic mass is 10.2. The van der Waals surface area contributed by atoms with Gasteiger partial charge in [0.15, 0.2) is 5.16 Å². The van der Waals surface area contributed by atoms with E-state index in [-0.39, 0.29) is 23.5 Å². The van der Waals surface area contributed by atoms with Crippen LogP contribution < -0.4 is 10.1 Å². The molecule has 1 amide bonds. The summed E-state index contributed by atoms with van der Waals surface area (Å²) < 4.78 is 20.5. The van der Waals surface area contributed by atoms with Crippen molar-refractivity contribution in [1.82, 2.24) is 20.1 Å². The van der Waals surface area contributed by atoms with Gasteiger partial charge in [-0.25, -0.2) is 4.39 Å². The van der Waals surface area contributed by atoms with Crippen molar-refractivity contribution in [2.24, 2.45) is 0 Å². The van der Waals surface area contributed by atoms with Crippen molar-refractivity contribution < 1.29 is 13.9 Å². The Morgan fingerprint density at radius 2 is 1.79 bits per heavy atom. The van der Waals surface area contributed by atoms with Crippen LogP contribution in [0, 0.1) is 5.82 Å². The van der Waals surface area contributed by atoms with Crippen molar-refractivity contribution in [3.05, 3.63) is 66.2 Å². The van der Waals surface area contributed by atoms with E-state index < -0.39 is 0 Å². The highest BCUT2D eigenvalue weighted by molar-refractivity contribution is 7.99. The summed E-state index contributed by atoms with van der Waals surface area (Å²) in [5.74, 6) is 1.10. The number of hydrogen-bond donors (Lipinski definition) is 1. The van der Waals surface area contributed by atoms with Crippen LogP contribution in [0.15, 0.2) is 60.0 Å². The van der Waals surface area contributed by atoms with Gasteiger partial charge in [-0.15, -0.1) is 10.2 Å². The Morgan fingerprint density at radius 3 is 2.43 bits per heavy atom. The van der Waals surface area contributed by atoms with Crippen molar-refractivity contribution in [3.63, 3.8) is 0 Å². The van der Waals surface area contributed by atoms with E-state index in [9.17, 15) is 9.18 Å². The lowest BCUT2D eigenvalue weighted by Crippen LogP contribution is -2.24. The number of amides is 1. The van der Waals surface area contributed by atoms with E-state index >= 15 is 0 Å². The minimum Gasteiger partial charge on any atom is -0.457 e. The average molecular weight is 400 g/mol. The number of aromatic nitrogens is 3. The quantitative estimate of drug-likeness (QED) is 0.574. The van der Waals surface area contributed by atoms with Crippen molar-refractivity contribution >= 4 is 17.7 Å². The van der Waals surface area contributed by atoms with Crippen LogP contribution in [0.1, 0.15) is 25.5 Å². The Labute approximate surface area is 167 Å². The normalized spacial score (nSPS) is 10.9. The number of nitrogens with zero attached hydrogens (tertiary/aromatic N) is 3. The number of carbonyl (C=O) groups excluding carboxylic acids is 1. The van der Waals surface area contributed by atoms with E-state index in [2.05, 4.69) is 15.5 Å². The Kier molecular flexibility index (Phi) is 6.65. The molecule has 1 heterocycles.